The van der Waals surface area contributed by atoms with Gasteiger partial charge in [-0.1, -0.05) is 72.3 Å². The number of amides is 1. The van der Waals surface area contributed by atoms with Gasteiger partial charge in [-0.3, -0.25) is 0 Å². The van der Waals surface area contributed by atoms with Crippen molar-refractivity contribution in [1.82, 2.24) is 5.32 Å². The molecule has 8 heteroatoms. The third-order valence-corrected chi connectivity index (χ3v) is 10.6. The molecule has 0 radical (unpaired) electrons. The van der Waals surface area contributed by atoms with Gasteiger partial charge in [0.05, 0.1) is 18.0 Å². The van der Waals surface area contributed by atoms with Gasteiger partial charge in [-0.25, -0.2) is 4.79 Å². The van der Waals surface area contributed by atoms with Gasteiger partial charge in [0.15, 0.2) is 0 Å². The van der Waals surface area contributed by atoms with Crippen LogP contribution in [0.25, 0.3) is 0 Å². The summed E-state index contributed by atoms with van der Waals surface area (Å²) in [5.74, 6) is 1.97. The standard InChI is InChI=1S/C32H42ClNO5S/c1-23(2)15-16-27-31(3,39-27)29-28(37-4)26(38-30(35)34-22-33)17-18-32(29,36)21-40(19-24-11-7-5-8-12-24)20-25-13-9-6-10-14-25/h5-15,26-29,36H,16-22H2,1-4H3/p+1. The van der Waals surface area contributed by atoms with Crippen LogP contribution in [0.2, 0.25) is 0 Å². The summed E-state index contributed by atoms with van der Waals surface area (Å²) in [4.78, 5) is 12.4. The SMILES string of the molecule is COC1C(OC(=O)NCCl)CCC(O)(C[S+](Cc2ccccc2)Cc2ccccc2)C1C1(C)OC1CC=C(C)C. The molecular weight excluding hydrogens is 546 g/mol. The third kappa shape index (κ3) is 7.62. The zero-order valence-corrected chi connectivity index (χ0v) is 25.5. The number of carbonyl (C=O) groups excluding carboxylic acids is 1. The highest BCUT2D eigenvalue weighted by Crippen LogP contribution is 2.55. The number of epoxide rings is 1. The fourth-order valence-electron chi connectivity index (χ4n) is 6.20. The number of hydrogen-bond acceptors (Lipinski definition) is 5. The second kappa shape index (κ2) is 13.8. The van der Waals surface area contributed by atoms with Gasteiger partial charge < -0.3 is 24.6 Å². The predicted octanol–water partition coefficient (Wildman–Crippen LogP) is 5.97. The molecule has 2 aromatic rings. The molecule has 1 aliphatic heterocycles. The lowest BCUT2D eigenvalue weighted by Crippen LogP contribution is -2.63. The average Bonchev–Trinajstić information content (AvgIpc) is 3.59. The van der Waals surface area contributed by atoms with E-state index >= 15 is 0 Å². The van der Waals surface area contributed by atoms with Crippen molar-refractivity contribution >= 4 is 28.6 Å². The minimum atomic E-state index is -1.06. The Morgan fingerprint density at radius 1 is 1.12 bits per heavy atom. The number of alkyl carbamates (subject to hydrolysis) is 1. The number of nitrogens with one attached hydrogen (secondary N) is 1. The van der Waals surface area contributed by atoms with Gasteiger partial charge in [0.25, 0.3) is 0 Å². The maximum atomic E-state index is 12.6. The van der Waals surface area contributed by atoms with Crippen LogP contribution in [0, 0.1) is 5.92 Å². The normalized spacial score (nSPS) is 29.6. The van der Waals surface area contributed by atoms with Gasteiger partial charge in [-0.2, -0.15) is 0 Å². The Morgan fingerprint density at radius 2 is 1.73 bits per heavy atom. The van der Waals surface area contributed by atoms with E-state index in [-0.39, 0.29) is 28.9 Å². The summed E-state index contributed by atoms with van der Waals surface area (Å²) in [7, 11) is 1.46. The number of hydrogen-bond donors (Lipinski definition) is 2. The second-order valence-electron chi connectivity index (χ2n) is 11.4. The molecule has 2 fully saturated rings. The molecular formula is C32H43ClNO5S+. The molecule has 6 unspecified atom stereocenters. The van der Waals surface area contributed by atoms with Crippen molar-refractivity contribution < 1.29 is 24.1 Å². The van der Waals surface area contributed by atoms with Crippen molar-refractivity contribution in [3.8, 4) is 0 Å². The van der Waals surface area contributed by atoms with Crippen molar-refractivity contribution in [2.24, 2.45) is 5.92 Å². The molecule has 1 saturated carbocycles. The first-order chi connectivity index (χ1) is 19.2. The van der Waals surface area contributed by atoms with Crippen LogP contribution in [0.5, 0.6) is 0 Å². The van der Waals surface area contributed by atoms with Gasteiger partial charge in [-0.15, -0.1) is 11.6 Å². The topological polar surface area (TPSA) is 80.3 Å². The largest absolute Gasteiger partial charge is 0.443 e. The molecule has 1 amide bonds. The quantitative estimate of drug-likeness (QED) is 0.105. The Kier molecular flexibility index (Phi) is 10.6. The Morgan fingerprint density at radius 3 is 2.25 bits per heavy atom. The average molecular weight is 589 g/mol. The summed E-state index contributed by atoms with van der Waals surface area (Å²) in [6.45, 7) is 6.23. The highest BCUT2D eigenvalue weighted by atomic mass is 35.5. The molecule has 0 spiro atoms. The van der Waals surface area contributed by atoms with Crippen LogP contribution in [0.3, 0.4) is 0 Å². The Hall–Kier alpha value is -2.03. The first-order valence-corrected chi connectivity index (χ1v) is 16.2. The van der Waals surface area contributed by atoms with Gasteiger partial charge in [-0.05, 0) is 50.9 Å². The molecule has 6 nitrogen and oxygen atoms in total. The number of benzene rings is 2. The predicted molar refractivity (Wildman–Crippen MR) is 162 cm³/mol. The van der Waals surface area contributed by atoms with Crippen molar-refractivity contribution in [3.05, 3.63) is 83.4 Å². The van der Waals surface area contributed by atoms with E-state index in [2.05, 4.69) is 80.7 Å². The van der Waals surface area contributed by atoms with Crippen molar-refractivity contribution in [2.75, 3.05) is 18.9 Å². The molecule has 0 bridgehead atoms. The van der Waals surface area contributed by atoms with Crippen LogP contribution in [0.4, 0.5) is 4.79 Å². The van der Waals surface area contributed by atoms with E-state index in [9.17, 15) is 9.90 Å². The van der Waals surface area contributed by atoms with E-state index in [0.29, 0.717) is 18.6 Å². The molecule has 218 valence electrons. The molecule has 2 aliphatic rings. The number of aliphatic hydroxyl groups is 1. The summed E-state index contributed by atoms with van der Waals surface area (Å²) in [6, 6.07) is 20.9. The Bertz CT molecular complexity index is 1090. The molecule has 2 N–H and O–H groups in total. The minimum absolute atomic E-state index is 0.0378. The Labute approximate surface area is 246 Å². The third-order valence-electron chi connectivity index (χ3n) is 8.09. The number of carbonyl (C=O) groups is 1. The van der Waals surface area contributed by atoms with E-state index in [1.807, 2.05) is 12.1 Å². The summed E-state index contributed by atoms with van der Waals surface area (Å²) in [5, 5.41) is 15.1. The molecule has 1 heterocycles. The number of allylic oxidation sites excluding steroid dienone is 1. The zero-order chi connectivity index (χ0) is 28.8. The highest BCUT2D eigenvalue weighted by molar-refractivity contribution is 7.95. The number of halogens is 1. The molecule has 0 aromatic heterocycles. The molecule has 1 saturated heterocycles. The molecule has 4 rings (SSSR count). The van der Waals surface area contributed by atoms with Gasteiger partial charge in [0, 0.05) is 18.2 Å². The van der Waals surface area contributed by atoms with Crippen LogP contribution in [0.1, 0.15) is 51.2 Å². The maximum absolute atomic E-state index is 12.6. The lowest BCUT2D eigenvalue weighted by atomic mass is 9.66. The van der Waals surface area contributed by atoms with Crippen molar-refractivity contribution in [1.29, 1.82) is 0 Å². The van der Waals surface area contributed by atoms with Gasteiger partial charge in [0.2, 0.25) is 0 Å². The zero-order valence-electron chi connectivity index (χ0n) is 24.0. The summed E-state index contributed by atoms with van der Waals surface area (Å²) in [5.41, 5.74) is 2.07. The first-order valence-electron chi connectivity index (χ1n) is 14.0. The van der Waals surface area contributed by atoms with E-state index in [1.54, 1.807) is 7.11 Å². The van der Waals surface area contributed by atoms with Gasteiger partial charge in [0.1, 0.15) is 40.7 Å². The number of rotatable bonds is 12. The van der Waals surface area contributed by atoms with Gasteiger partial charge >= 0.3 is 6.09 Å². The molecule has 2 aromatic carbocycles. The molecule has 1 aliphatic carbocycles. The van der Waals surface area contributed by atoms with Crippen molar-refractivity contribution in [3.63, 3.8) is 0 Å². The summed E-state index contributed by atoms with van der Waals surface area (Å²) in [6.07, 6.45) is 2.24. The first kappa shape index (κ1) is 30.9. The van der Waals surface area contributed by atoms with Crippen LogP contribution in [-0.4, -0.2) is 59.6 Å². The second-order valence-corrected chi connectivity index (χ2v) is 13.8. The van der Waals surface area contributed by atoms with Crippen LogP contribution < -0.4 is 5.32 Å². The fraction of sp³-hybridized carbons (Fsp3) is 0.531. The lowest BCUT2D eigenvalue weighted by molar-refractivity contribution is -0.170. The van der Waals surface area contributed by atoms with Crippen LogP contribution in [-0.2, 0) is 36.6 Å². The number of ether oxygens (including phenoxy) is 3. The van der Waals surface area contributed by atoms with E-state index < -0.39 is 29.5 Å². The fourth-order valence-corrected chi connectivity index (χ4v) is 8.97. The number of methoxy groups -OCH3 is 1. The molecule has 6 atom stereocenters. The van der Waals surface area contributed by atoms with Crippen molar-refractivity contribution in [2.45, 2.75) is 81.1 Å². The Balaban J connectivity index is 1.65. The minimum Gasteiger partial charge on any atom is -0.443 e. The van der Waals surface area contributed by atoms with E-state index in [0.717, 1.165) is 17.9 Å². The maximum Gasteiger partial charge on any atom is 0.408 e. The monoisotopic (exact) mass is 588 g/mol. The van der Waals surface area contributed by atoms with E-state index in [1.165, 1.54) is 16.7 Å². The summed E-state index contributed by atoms with van der Waals surface area (Å²) < 4.78 is 18.2. The highest BCUT2D eigenvalue weighted by Gasteiger charge is 2.69. The van der Waals surface area contributed by atoms with E-state index in [4.69, 9.17) is 25.8 Å². The van der Waals surface area contributed by atoms with Crippen LogP contribution >= 0.6 is 11.6 Å². The van der Waals surface area contributed by atoms with Crippen LogP contribution in [0.15, 0.2) is 72.3 Å². The summed E-state index contributed by atoms with van der Waals surface area (Å²) >= 11 is 5.70. The lowest BCUT2D eigenvalue weighted by Gasteiger charge is -2.48. The number of alkyl halides is 1. The molecule has 40 heavy (non-hydrogen) atoms. The smallest absolute Gasteiger partial charge is 0.408 e.